The third-order valence-corrected chi connectivity index (χ3v) is 4.13. The molecule has 2 rings (SSSR count). The predicted octanol–water partition coefficient (Wildman–Crippen LogP) is 0.362. The zero-order valence-corrected chi connectivity index (χ0v) is 8.58. The lowest BCUT2D eigenvalue weighted by atomic mass is 9.95. The highest BCUT2D eigenvalue weighted by Crippen LogP contribution is 2.26. The molecule has 1 amide bonds. The van der Waals surface area contributed by atoms with Crippen LogP contribution in [0, 0.1) is 0 Å². The van der Waals surface area contributed by atoms with E-state index in [1.807, 2.05) is 11.8 Å². The van der Waals surface area contributed by atoms with Gasteiger partial charge in [0.25, 0.3) is 0 Å². The highest BCUT2D eigenvalue weighted by atomic mass is 32.2. The molecule has 2 heterocycles. The maximum absolute atomic E-state index is 11.2. The zero-order chi connectivity index (χ0) is 9.15. The number of nitrogens with one attached hydrogen (secondary N) is 2. The van der Waals surface area contributed by atoms with Gasteiger partial charge in [0.05, 0.1) is 0 Å². The van der Waals surface area contributed by atoms with Gasteiger partial charge < -0.3 is 10.6 Å². The summed E-state index contributed by atoms with van der Waals surface area (Å²) in [6.45, 7) is 1.66. The summed E-state index contributed by atoms with van der Waals surface area (Å²) >= 11 is 2.00. The van der Waals surface area contributed by atoms with Crippen LogP contribution in [0.1, 0.15) is 19.3 Å². The molecule has 0 aliphatic carbocycles. The third-order valence-electron chi connectivity index (χ3n) is 2.80. The van der Waals surface area contributed by atoms with E-state index in [0.717, 1.165) is 18.8 Å². The van der Waals surface area contributed by atoms with E-state index in [4.69, 9.17) is 0 Å². The smallest absolute Gasteiger partial charge is 0.221 e. The summed E-state index contributed by atoms with van der Waals surface area (Å²) in [6, 6.07) is 0. The number of hydrogen-bond donors (Lipinski definition) is 2. The lowest BCUT2D eigenvalue weighted by molar-refractivity contribution is -0.120. The number of carbonyl (C=O) groups is 1. The molecule has 0 saturated carbocycles. The normalized spacial score (nSPS) is 35.5. The highest BCUT2D eigenvalue weighted by molar-refractivity contribution is 7.99. The largest absolute Gasteiger partial charge is 0.354 e. The van der Waals surface area contributed by atoms with Crippen LogP contribution in [-0.2, 0) is 4.79 Å². The van der Waals surface area contributed by atoms with Crippen LogP contribution >= 0.6 is 11.8 Å². The van der Waals surface area contributed by atoms with Gasteiger partial charge in [-0.1, -0.05) is 0 Å². The molecule has 3 nitrogen and oxygen atoms in total. The molecule has 13 heavy (non-hydrogen) atoms. The van der Waals surface area contributed by atoms with Crippen molar-refractivity contribution in [2.24, 2.45) is 0 Å². The Bertz CT molecular complexity index is 202. The molecule has 0 radical (unpaired) electrons. The molecule has 2 saturated heterocycles. The first-order valence-corrected chi connectivity index (χ1v) is 6.06. The molecule has 2 aliphatic heterocycles. The van der Waals surface area contributed by atoms with Gasteiger partial charge in [-0.15, -0.1) is 0 Å². The predicted molar refractivity (Wildman–Crippen MR) is 54.9 cm³/mol. The molecule has 2 aliphatic rings. The van der Waals surface area contributed by atoms with Crippen molar-refractivity contribution in [2.45, 2.75) is 24.8 Å². The minimum atomic E-state index is 0.194. The standard InChI is InChI=1S/C9H16N2OS/c12-8-2-4-11-9(6-10-8)3-1-5-13-7-9/h11H,1-7H2,(H,10,12). The van der Waals surface area contributed by atoms with Gasteiger partial charge in [-0.25, -0.2) is 0 Å². The van der Waals surface area contributed by atoms with Gasteiger partial charge in [-0.05, 0) is 18.6 Å². The Morgan fingerprint density at radius 2 is 2.38 bits per heavy atom. The highest BCUT2D eigenvalue weighted by Gasteiger charge is 2.33. The van der Waals surface area contributed by atoms with Crippen LogP contribution in [0.5, 0.6) is 0 Å². The summed E-state index contributed by atoms with van der Waals surface area (Å²) in [5.74, 6) is 2.62. The van der Waals surface area contributed by atoms with Crippen LogP contribution in [0.4, 0.5) is 0 Å². The molecule has 2 N–H and O–H groups in total. The van der Waals surface area contributed by atoms with Crippen molar-refractivity contribution in [1.82, 2.24) is 10.6 Å². The Balaban J connectivity index is 1.99. The monoisotopic (exact) mass is 200 g/mol. The summed E-state index contributed by atoms with van der Waals surface area (Å²) in [6.07, 6.45) is 3.11. The first-order valence-electron chi connectivity index (χ1n) is 4.90. The van der Waals surface area contributed by atoms with E-state index >= 15 is 0 Å². The van der Waals surface area contributed by atoms with Gasteiger partial charge in [0.2, 0.25) is 5.91 Å². The summed E-state index contributed by atoms with van der Waals surface area (Å²) in [7, 11) is 0. The topological polar surface area (TPSA) is 41.1 Å². The fourth-order valence-corrected chi connectivity index (χ4v) is 3.22. The molecule has 2 fully saturated rings. The summed E-state index contributed by atoms with van der Waals surface area (Å²) in [5, 5.41) is 6.51. The van der Waals surface area contributed by atoms with Gasteiger partial charge in [0.15, 0.2) is 0 Å². The molecule has 0 aromatic rings. The molecule has 1 spiro atoms. The SMILES string of the molecule is O=C1CCNC2(CCCSC2)CN1. The summed E-state index contributed by atoms with van der Waals surface area (Å²) in [4.78, 5) is 11.2. The first-order chi connectivity index (χ1) is 6.31. The van der Waals surface area contributed by atoms with Gasteiger partial charge in [-0.3, -0.25) is 4.79 Å². The Kier molecular flexibility index (Phi) is 2.79. The number of rotatable bonds is 0. The van der Waals surface area contributed by atoms with Crippen molar-refractivity contribution in [3.05, 3.63) is 0 Å². The molecular formula is C9H16N2OS. The first kappa shape index (κ1) is 9.34. The average molecular weight is 200 g/mol. The Labute approximate surface area is 83.0 Å². The second kappa shape index (κ2) is 3.88. The van der Waals surface area contributed by atoms with Gasteiger partial charge in [0.1, 0.15) is 0 Å². The quantitative estimate of drug-likeness (QED) is 0.593. The zero-order valence-electron chi connectivity index (χ0n) is 7.77. The molecular weight excluding hydrogens is 184 g/mol. The maximum Gasteiger partial charge on any atom is 0.221 e. The lowest BCUT2D eigenvalue weighted by Crippen LogP contribution is -2.54. The van der Waals surface area contributed by atoms with Gasteiger partial charge in [0, 0.05) is 30.8 Å². The van der Waals surface area contributed by atoms with Crippen LogP contribution in [0.15, 0.2) is 0 Å². The van der Waals surface area contributed by atoms with Crippen molar-refractivity contribution in [3.8, 4) is 0 Å². The van der Waals surface area contributed by atoms with E-state index in [-0.39, 0.29) is 11.4 Å². The van der Waals surface area contributed by atoms with E-state index in [1.54, 1.807) is 0 Å². The van der Waals surface area contributed by atoms with E-state index in [9.17, 15) is 4.79 Å². The number of thioether (sulfide) groups is 1. The number of carbonyl (C=O) groups excluding carboxylic acids is 1. The minimum Gasteiger partial charge on any atom is -0.354 e. The van der Waals surface area contributed by atoms with Crippen molar-refractivity contribution >= 4 is 17.7 Å². The number of hydrogen-bond acceptors (Lipinski definition) is 3. The van der Waals surface area contributed by atoms with Crippen LogP contribution in [-0.4, -0.2) is 36.0 Å². The van der Waals surface area contributed by atoms with Gasteiger partial charge >= 0.3 is 0 Å². The Morgan fingerprint density at radius 3 is 3.15 bits per heavy atom. The molecule has 0 aromatic heterocycles. The average Bonchev–Trinajstić information content (AvgIpc) is 2.32. The van der Waals surface area contributed by atoms with Crippen LogP contribution < -0.4 is 10.6 Å². The molecule has 74 valence electrons. The van der Waals surface area contributed by atoms with E-state index in [2.05, 4.69) is 10.6 Å². The van der Waals surface area contributed by atoms with Crippen molar-refractivity contribution in [3.63, 3.8) is 0 Å². The van der Waals surface area contributed by atoms with E-state index in [1.165, 1.54) is 18.6 Å². The van der Waals surface area contributed by atoms with Crippen LogP contribution in [0.25, 0.3) is 0 Å². The molecule has 0 aromatic carbocycles. The van der Waals surface area contributed by atoms with Gasteiger partial charge in [-0.2, -0.15) is 11.8 Å². The van der Waals surface area contributed by atoms with Crippen molar-refractivity contribution in [1.29, 1.82) is 0 Å². The van der Waals surface area contributed by atoms with E-state index in [0.29, 0.717) is 6.42 Å². The molecule has 1 atom stereocenters. The maximum atomic E-state index is 11.2. The van der Waals surface area contributed by atoms with Crippen LogP contribution in [0.3, 0.4) is 0 Å². The number of amides is 1. The van der Waals surface area contributed by atoms with Crippen molar-refractivity contribution in [2.75, 3.05) is 24.6 Å². The summed E-state index contributed by atoms with van der Waals surface area (Å²) < 4.78 is 0. The Morgan fingerprint density at radius 1 is 1.46 bits per heavy atom. The molecule has 1 unspecified atom stereocenters. The third kappa shape index (κ3) is 2.17. The Hall–Kier alpha value is -0.220. The van der Waals surface area contributed by atoms with E-state index < -0.39 is 0 Å². The van der Waals surface area contributed by atoms with Crippen LogP contribution in [0.2, 0.25) is 0 Å². The molecule has 0 bridgehead atoms. The minimum absolute atomic E-state index is 0.194. The molecule has 4 heteroatoms. The fourth-order valence-electron chi connectivity index (χ4n) is 1.99. The summed E-state index contributed by atoms with van der Waals surface area (Å²) in [5.41, 5.74) is 0.203. The second-order valence-electron chi connectivity index (χ2n) is 3.89. The van der Waals surface area contributed by atoms with Crippen molar-refractivity contribution < 1.29 is 4.79 Å². The second-order valence-corrected chi connectivity index (χ2v) is 5.00. The fraction of sp³-hybridized carbons (Fsp3) is 0.889. The lowest BCUT2D eigenvalue weighted by Gasteiger charge is -2.36.